The maximum Gasteiger partial charge on any atom is 0.306 e. The minimum absolute atomic E-state index is 0.0303. The Bertz CT molecular complexity index is 1180. The molecule has 1 saturated heterocycles. The quantitative estimate of drug-likeness (QED) is 0.223. The van der Waals surface area contributed by atoms with Crippen LogP contribution in [0.4, 0.5) is 0 Å². The summed E-state index contributed by atoms with van der Waals surface area (Å²) < 4.78 is 29.4. The third kappa shape index (κ3) is 7.10. The molecule has 0 bridgehead atoms. The van der Waals surface area contributed by atoms with Gasteiger partial charge in [0, 0.05) is 51.9 Å². The molecule has 10 nitrogen and oxygen atoms in total. The van der Waals surface area contributed by atoms with Gasteiger partial charge in [-0.25, -0.2) is 0 Å². The van der Waals surface area contributed by atoms with E-state index in [2.05, 4.69) is 34.6 Å². The molecular formula is C36H56O10. The Morgan fingerprint density at radius 1 is 0.761 bits per heavy atom. The van der Waals surface area contributed by atoms with Crippen molar-refractivity contribution >= 4 is 29.8 Å². The highest BCUT2D eigenvalue weighted by molar-refractivity contribution is 5.71. The number of ether oxygens (including phenoxy) is 5. The van der Waals surface area contributed by atoms with Crippen molar-refractivity contribution in [2.45, 2.75) is 145 Å². The van der Waals surface area contributed by atoms with E-state index in [0.717, 1.165) is 25.7 Å². The van der Waals surface area contributed by atoms with E-state index in [-0.39, 0.29) is 52.8 Å². The second kappa shape index (κ2) is 13.8. The van der Waals surface area contributed by atoms with Crippen LogP contribution >= 0.6 is 0 Å². The highest BCUT2D eigenvalue weighted by Crippen LogP contribution is 2.66. The molecule has 10 heteroatoms. The predicted molar refractivity (Wildman–Crippen MR) is 168 cm³/mol. The fraction of sp³-hybridized carbons (Fsp3) is 0.861. The summed E-state index contributed by atoms with van der Waals surface area (Å²) in [5.41, 5.74) is -0.604. The van der Waals surface area contributed by atoms with Gasteiger partial charge < -0.3 is 23.7 Å². The molecule has 3 aliphatic carbocycles. The topological polar surface area (TPSA) is 132 Å². The Hall–Kier alpha value is -2.65. The van der Waals surface area contributed by atoms with Crippen LogP contribution in [-0.2, 0) is 47.7 Å². The molecule has 4 rings (SSSR count). The van der Waals surface area contributed by atoms with Crippen LogP contribution in [0.5, 0.6) is 0 Å². The van der Waals surface area contributed by atoms with Crippen molar-refractivity contribution in [1.82, 2.24) is 0 Å². The molecule has 4 fully saturated rings. The Morgan fingerprint density at radius 2 is 1.33 bits per heavy atom. The maximum atomic E-state index is 13.5. The molecule has 0 aromatic rings. The maximum absolute atomic E-state index is 13.5. The average molecular weight is 649 g/mol. The summed E-state index contributed by atoms with van der Waals surface area (Å²) >= 11 is 0. The van der Waals surface area contributed by atoms with Crippen molar-refractivity contribution in [1.29, 1.82) is 0 Å². The largest absolute Gasteiger partial charge is 0.462 e. The van der Waals surface area contributed by atoms with E-state index in [1.165, 1.54) is 27.7 Å². The van der Waals surface area contributed by atoms with E-state index < -0.39 is 59.8 Å². The third-order valence-corrected chi connectivity index (χ3v) is 12.6. The first-order valence-electron chi connectivity index (χ1n) is 17.3. The number of fused-ring (bicyclic) bond motifs is 5. The molecule has 0 aromatic carbocycles. The molecule has 1 heterocycles. The van der Waals surface area contributed by atoms with Gasteiger partial charge in [0.2, 0.25) is 0 Å². The van der Waals surface area contributed by atoms with Crippen LogP contribution in [0.15, 0.2) is 0 Å². The van der Waals surface area contributed by atoms with Crippen LogP contribution in [0.25, 0.3) is 0 Å². The minimum Gasteiger partial charge on any atom is -0.462 e. The molecule has 0 amide bonds. The van der Waals surface area contributed by atoms with Crippen molar-refractivity contribution in [3.8, 4) is 0 Å². The second-order valence-corrected chi connectivity index (χ2v) is 15.6. The molecule has 3 saturated carbocycles. The van der Waals surface area contributed by atoms with Crippen molar-refractivity contribution in [2.24, 2.45) is 52.3 Å². The zero-order valence-corrected chi connectivity index (χ0v) is 29.5. The summed E-state index contributed by atoms with van der Waals surface area (Å²) in [4.78, 5) is 62.2. The SMILES string of the molecule is CC(=O)O[C@@H]([C@H](OC(C)=O)[C@@H](C)C1CCC2C3CC(=O)OC4C[C@H](OC(C)=O)[C@H](OC(C)=O)C[C@]4(C)C3CC[C@@]21C)[C@H](C)C(C)C. The highest BCUT2D eigenvalue weighted by atomic mass is 16.6. The first-order chi connectivity index (χ1) is 21.4. The van der Waals surface area contributed by atoms with Gasteiger partial charge in [0.25, 0.3) is 0 Å². The number of hydrogen-bond acceptors (Lipinski definition) is 10. The first kappa shape index (κ1) is 36.2. The van der Waals surface area contributed by atoms with E-state index in [4.69, 9.17) is 23.7 Å². The Labute approximate surface area is 274 Å². The Balaban J connectivity index is 1.66. The lowest BCUT2D eigenvalue weighted by Gasteiger charge is -2.56. The standard InChI is InChI=1S/C36H56O10/c1-18(2)19(3)33(44-23(7)39)34(45-24(8)40)20(4)26-11-12-27-25-15-32(41)46-31-16-29(42-21(5)37)30(43-22(6)38)17-36(31,10)28(25)13-14-35(26,27)9/h18-20,25-31,33-34H,11-17H2,1-10H3/t19-,20+,25?,26?,27?,28?,29+,30-,31?,33-,34-,35-,36-/m1/s1. The molecule has 0 spiro atoms. The lowest BCUT2D eigenvalue weighted by atomic mass is 9.49. The smallest absolute Gasteiger partial charge is 0.306 e. The fourth-order valence-electron chi connectivity index (χ4n) is 10.2. The number of carbonyl (C=O) groups is 5. The number of carbonyl (C=O) groups excluding carboxylic acids is 5. The molecular weight excluding hydrogens is 592 g/mol. The van der Waals surface area contributed by atoms with Crippen molar-refractivity contribution in [3.05, 3.63) is 0 Å². The summed E-state index contributed by atoms with van der Waals surface area (Å²) in [6, 6.07) is 0. The van der Waals surface area contributed by atoms with Gasteiger partial charge in [-0.15, -0.1) is 0 Å². The molecule has 4 aliphatic rings. The number of hydrogen-bond donors (Lipinski definition) is 0. The summed E-state index contributed by atoms with van der Waals surface area (Å²) in [6.45, 7) is 18.3. The highest BCUT2D eigenvalue weighted by Gasteiger charge is 2.64. The molecule has 1 aliphatic heterocycles. The van der Waals surface area contributed by atoms with Crippen molar-refractivity contribution in [3.63, 3.8) is 0 Å². The fourth-order valence-corrected chi connectivity index (χ4v) is 10.2. The van der Waals surface area contributed by atoms with Gasteiger partial charge in [-0.05, 0) is 73.0 Å². The molecule has 0 aromatic heterocycles. The third-order valence-electron chi connectivity index (χ3n) is 12.6. The van der Waals surface area contributed by atoms with Gasteiger partial charge in [0.1, 0.15) is 30.5 Å². The number of rotatable bonds is 9. The zero-order valence-electron chi connectivity index (χ0n) is 29.5. The van der Waals surface area contributed by atoms with Gasteiger partial charge in [-0.2, -0.15) is 0 Å². The summed E-state index contributed by atoms with van der Waals surface area (Å²) in [6.07, 6.45) is 1.74. The van der Waals surface area contributed by atoms with Crippen LogP contribution in [-0.4, -0.2) is 60.4 Å². The molecule has 46 heavy (non-hydrogen) atoms. The number of esters is 5. The minimum atomic E-state index is -0.675. The van der Waals surface area contributed by atoms with Gasteiger partial charge in [-0.1, -0.05) is 41.5 Å². The zero-order chi connectivity index (χ0) is 34.3. The van der Waals surface area contributed by atoms with Crippen LogP contribution in [0, 0.1) is 52.3 Å². The molecule has 5 unspecified atom stereocenters. The molecule has 0 radical (unpaired) electrons. The Kier molecular flexibility index (Phi) is 10.9. The van der Waals surface area contributed by atoms with Crippen LogP contribution in [0.2, 0.25) is 0 Å². The van der Waals surface area contributed by atoms with Crippen LogP contribution in [0.3, 0.4) is 0 Å². The van der Waals surface area contributed by atoms with Crippen molar-refractivity contribution in [2.75, 3.05) is 0 Å². The summed E-state index contributed by atoms with van der Waals surface area (Å²) in [5, 5.41) is 0. The molecule has 260 valence electrons. The normalized spacial score (nSPS) is 38.0. The van der Waals surface area contributed by atoms with E-state index >= 15 is 0 Å². The van der Waals surface area contributed by atoms with Crippen LogP contribution in [0.1, 0.15) is 114 Å². The van der Waals surface area contributed by atoms with E-state index in [0.29, 0.717) is 19.3 Å². The second-order valence-electron chi connectivity index (χ2n) is 15.6. The molecule has 0 N–H and O–H groups in total. The van der Waals surface area contributed by atoms with Gasteiger partial charge >= 0.3 is 29.8 Å². The monoisotopic (exact) mass is 648 g/mol. The summed E-state index contributed by atoms with van der Waals surface area (Å²) in [5.74, 6) is -1.23. The van der Waals surface area contributed by atoms with Gasteiger partial charge in [-0.3, -0.25) is 24.0 Å². The van der Waals surface area contributed by atoms with E-state index in [9.17, 15) is 24.0 Å². The lowest BCUT2D eigenvalue weighted by Crippen LogP contribution is -2.57. The lowest BCUT2D eigenvalue weighted by molar-refractivity contribution is -0.198. The Morgan fingerprint density at radius 3 is 1.89 bits per heavy atom. The van der Waals surface area contributed by atoms with Crippen molar-refractivity contribution < 1.29 is 47.7 Å². The van der Waals surface area contributed by atoms with Gasteiger partial charge in [0.05, 0.1) is 0 Å². The first-order valence-corrected chi connectivity index (χ1v) is 17.3. The summed E-state index contributed by atoms with van der Waals surface area (Å²) in [7, 11) is 0. The van der Waals surface area contributed by atoms with Gasteiger partial charge in [0.15, 0.2) is 0 Å². The van der Waals surface area contributed by atoms with E-state index in [1.807, 2.05) is 6.92 Å². The van der Waals surface area contributed by atoms with E-state index in [1.54, 1.807) is 0 Å². The average Bonchev–Trinajstić information content (AvgIpc) is 3.23. The van der Waals surface area contributed by atoms with Crippen LogP contribution < -0.4 is 0 Å². The predicted octanol–water partition coefficient (Wildman–Crippen LogP) is 5.82. The molecule has 13 atom stereocenters.